The largest absolute Gasteiger partial charge is 0.335 e. The lowest BCUT2D eigenvalue weighted by molar-refractivity contribution is 0.776. The fraction of sp³-hybridized carbons (Fsp3) is 0.0769. The highest BCUT2D eigenvalue weighted by Gasteiger charge is 2.12. The molecule has 2 heterocycles. The summed E-state index contributed by atoms with van der Waals surface area (Å²) in [4.78, 5) is 24.6. The minimum atomic E-state index is -0.322. The Hall–Kier alpha value is -2.14. The average molecular weight is 258 g/mol. The second-order valence-corrected chi connectivity index (χ2v) is 4.87. The van der Waals surface area contributed by atoms with Gasteiger partial charge in [-0.25, -0.2) is 9.36 Å². The van der Waals surface area contributed by atoms with E-state index in [-0.39, 0.29) is 11.2 Å². The van der Waals surface area contributed by atoms with E-state index < -0.39 is 0 Å². The van der Waals surface area contributed by atoms with Crippen molar-refractivity contribution >= 4 is 21.6 Å². The molecule has 4 nitrogen and oxygen atoms in total. The van der Waals surface area contributed by atoms with Gasteiger partial charge in [0.1, 0.15) is 4.70 Å². The van der Waals surface area contributed by atoms with Gasteiger partial charge in [0.2, 0.25) is 0 Å². The highest BCUT2D eigenvalue weighted by molar-refractivity contribution is 7.17. The molecule has 0 spiro atoms. The molecular weight excluding hydrogens is 248 g/mol. The number of aryl methyl sites for hydroxylation is 1. The van der Waals surface area contributed by atoms with E-state index in [0.717, 1.165) is 0 Å². The van der Waals surface area contributed by atoms with Gasteiger partial charge in [-0.3, -0.25) is 9.36 Å². The maximum absolute atomic E-state index is 12.3. The third kappa shape index (κ3) is 1.44. The minimum Gasteiger partial charge on any atom is -0.295 e. The smallest absolute Gasteiger partial charge is 0.295 e. The maximum Gasteiger partial charge on any atom is 0.335 e. The van der Waals surface area contributed by atoms with Gasteiger partial charge in [-0.15, -0.1) is 11.3 Å². The monoisotopic (exact) mass is 258 g/mol. The fourth-order valence-electron chi connectivity index (χ4n) is 1.97. The first-order chi connectivity index (χ1) is 8.70. The quantitative estimate of drug-likeness (QED) is 0.667. The number of hydrogen-bond donors (Lipinski definition) is 0. The van der Waals surface area contributed by atoms with Crippen molar-refractivity contribution in [2.45, 2.75) is 0 Å². The predicted octanol–water partition coefficient (Wildman–Crippen LogP) is 1.75. The van der Waals surface area contributed by atoms with E-state index in [1.807, 2.05) is 11.4 Å². The van der Waals surface area contributed by atoms with Crippen LogP contribution in [0.25, 0.3) is 15.9 Å². The van der Waals surface area contributed by atoms with E-state index in [2.05, 4.69) is 0 Å². The third-order valence-electron chi connectivity index (χ3n) is 2.90. The molecule has 18 heavy (non-hydrogen) atoms. The third-order valence-corrected chi connectivity index (χ3v) is 3.79. The van der Waals surface area contributed by atoms with Gasteiger partial charge in [-0.05, 0) is 23.6 Å². The molecule has 0 saturated heterocycles. The number of nitrogens with zero attached hydrogens (tertiary/aromatic N) is 2. The van der Waals surface area contributed by atoms with Crippen LogP contribution in [0.5, 0.6) is 0 Å². The number of fused-ring (bicyclic) bond motifs is 1. The molecule has 0 N–H and O–H groups in total. The lowest BCUT2D eigenvalue weighted by Gasteiger charge is -2.07. The molecule has 1 aromatic carbocycles. The Balaban J connectivity index is 2.51. The van der Waals surface area contributed by atoms with Gasteiger partial charge in [0.25, 0.3) is 5.56 Å². The molecule has 0 aliphatic heterocycles. The van der Waals surface area contributed by atoms with Crippen molar-refractivity contribution in [3.05, 3.63) is 62.6 Å². The maximum atomic E-state index is 12.3. The van der Waals surface area contributed by atoms with Crippen molar-refractivity contribution in [2.75, 3.05) is 0 Å². The standard InChI is InChI=1S/C13H10N2O2S/c1-14-10-7-8-18-11(10)12(16)15(13(14)17)9-5-3-2-4-6-9/h2-8H,1H3. The van der Waals surface area contributed by atoms with Crippen LogP contribution in [-0.2, 0) is 7.05 Å². The number of para-hydroxylation sites is 1. The van der Waals surface area contributed by atoms with Crippen molar-refractivity contribution in [1.82, 2.24) is 9.13 Å². The highest BCUT2D eigenvalue weighted by atomic mass is 32.1. The topological polar surface area (TPSA) is 44.0 Å². The van der Waals surface area contributed by atoms with Crippen LogP contribution in [0.3, 0.4) is 0 Å². The van der Waals surface area contributed by atoms with Gasteiger partial charge in [0.05, 0.1) is 11.2 Å². The molecule has 90 valence electrons. The molecule has 0 amide bonds. The number of benzene rings is 1. The van der Waals surface area contributed by atoms with E-state index >= 15 is 0 Å². The predicted molar refractivity (Wildman–Crippen MR) is 72.7 cm³/mol. The number of thiophene rings is 1. The summed E-state index contributed by atoms with van der Waals surface area (Å²) >= 11 is 1.35. The van der Waals surface area contributed by atoms with E-state index in [9.17, 15) is 9.59 Å². The molecule has 0 unspecified atom stereocenters. The summed E-state index contributed by atoms with van der Waals surface area (Å²) in [6.45, 7) is 0. The highest BCUT2D eigenvalue weighted by Crippen LogP contribution is 2.15. The normalized spacial score (nSPS) is 10.9. The first kappa shape index (κ1) is 11.0. The van der Waals surface area contributed by atoms with Gasteiger partial charge >= 0.3 is 5.69 Å². The summed E-state index contributed by atoms with van der Waals surface area (Å²) in [5.74, 6) is 0. The van der Waals surface area contributed by atoms with Crippen molar-refractivity contribution in [2.24, 2.45) is 7.05 Å². The summed E-state index contributed by atoms with van der Waals surface area (Å²) in [7, 11) is 1.68. The molecule has 0 saturated carbocycles. The van der Waals surface area contributed by atoms with Crippen LogP contribution in [0.2, 0.25) is 0 Å². The SMILES string of the molecule is Cn1c(=O)n(-c2ccccc2)c(=O)c2sccc21. The zero-order chi connectivity index (χ0) is 12.7. The van der Waals surface area contributed by atoms with Crippen LogP contribution in [0.15, 0.2) is 51.4 Å². The summed E-state index contributed by atoms with van der Waals surface area (Å²) in [6, 6.07) is 10.8. The minimum absolute atomic E-state index is 0.255. The Morgan fingerprint density at radius 1 is 1.06 bits per heavy atom. The summed E-state index contributed by atoms with van der Waals surface area (Å²) < 4.78 is 3.31. The lowest BCUT2D eigenvalue weighted by Crippen LogP contribution is -2.37. The van der Waals surface area contributed by atoms with Crippen LogP contribution in [0.1, 0.15) is 0 Å². The Morgan fingerprint density at radius 3 is 2.50 bits per heavy atom. The first-order valence-electron chi connectivity index (χ1n) is 5.45. The fourth-order valence-corrected chi connectivity index (χ4v) is 2.82. The van der Waals surface area contributed by atoms with Crippen LogP contribution in [0.4, 0.5) is 0 Å². The molecule has 0 fully saturated rings. The van der Waals surface area contributed by atoms with Crippen molar-refractivity contribution in [3.63, 3.8) is 0 Å². The summed E-state index contributed by atoms with van der Waals surface area (Å²) in [5, 5.41) is 1.82. The summed E-state index contributed by atoms with van der Waals surface area (Å²) in [5.41, 5.74) is 0.701. The van der Waals surface area contributed by atoms with Gasteiger partial charge < -0.3 is 0 Å². The molecule has 0 radical (unpaired) electrons. The Kier molecular flexibility index (Phi) is 2.41. The first-order valence-corrected chi connectivity index (χ1v) is 6.33. The zero-order valence-electron chi connectivity index (χ0n) is 9.66. The molecule has 2 aromatic heterocycles. The van der Waals surface area contributed by atoms with E-state index in [1.54, 1.807) is 37.4 Å². The molecule has 0 atom stereocenters. The Morgan fingerprint density at radius 2 is 1.78 bits per heavy atom. The van der Waals surface area contributed by atoms with E-state index in [1.165, 1.54) is 20.5 Å². The van der Waals surface area contributed by atoms with Crippen LogP contribution in [0, 0.1) is 0 Å². The second kappa shape index (κ2) is 3.96. The van der Waals surface area contributed by atoms with Crippen molar-refractivity contribution < 1.29 is 0 Å². The van der Waals surface area contributed by atoms with E-state index in [0.29, 0.717) is 15.9 Å². The van der Waals surface area contributed by atoms with Crippen LogP contribution < -0.4 is 11.2 Å². The number of aromatic nitrogens is 2. The lowest BCUT2D eigenvalue weighted by atomic mass is 10.3. The second-order valence-electron chi connectivity index (χ2n) is 3.95. The van der Waals surface area contributed by atoms with Gasteiger partial charge in [0, 0.05) is 7.05 Å². The molecule has 3 aromatic rings. The van der Waals surface area contributed by atoms with Crippen LogP contribution in [-0.4, -0.2) is 9.13 Å². The van der Waals surface area contributed by atoms with Crippen molar-refractivity contribution in [3.8, 4) is 5.69 Å². The molecule has 0 aliphatic carbocycles. The van der Waals surface area contributed by atoms with Gasteiger partial charge in [0.15, 0.2) is 0 Å². The summed E-state index contributed by atoms with van der Waals surface area (Å²) in [6.07, 6.45) is 0. The zero-order valence-corrected chi connectivity index (χ0v) is 10.5. The Labute approximate surface area is 106 Å². The number of hydrogen-bond acceptors (Lipinski definition) is 3. The van der Waals surface area contributed by atoms with Gasteiger partial charge in [-0.1, -0.05) is 18.2 Å². The average Bonchev–Trinajstić information content (AvgIpc) is 2.87. The molecule has 3 rings (SSSR count). The van der Waals surface area contributed by atoms with E-state index in [4.69, 9.17) is 0 Å². The molecule has 0 aliphatic rings. The molecule has 0 bridgehead atoms. The molecule has 5 heteroatoms. The number of rotatable bonds is 1. The molecular formula is C13H10N2O2S. The Bertz CT molecular complexity index is 828. The van der Waals surface area contributed by atoms with Crippen molar-refractivity contribution in [1.29, 1.82) is 0 Å². The van der Waals surface area contributed by atoms with Crippen LogP contribution >= 0.6 is 11.3 Å². The van der Waals surface area contributed by atoms with Gasteiger partial charge in [-0.2, -0.15) is 0 Å².